The van der Waals surface area contributed by atoms with Gasteiger partial charge in [-0.2, -0.15) is 0 Å². The number of rotatable bonds is 3. The SMILES string of the molecule is Cc1cc(OC(C)C(=O)N2CCN(C)CC2)cc(C)c1Cl. The second-order valence-corrected chi connectivity index (χ2v) is 6.14. The predicted molar refractivity (Wildman–Crippen MR) is 85.1 cm³/mol. The lowest BCUT2D eigenvalue weighted by atomic mass is 10.1. The van der Waals surface area contributed by atoms with Gasteiger partial charge in [0.15, 0.2) is 6.10 Å². The van der Waals surface area contributed by atoms with Crippen LogP contribution in [0.25, 0.3) is 0 Å². The van der Waals surface area contributed by atoms with Crippen molar-refractivity contribution in [1.29, 1.82) is 0 Å². The van der Waals surface area contributed by atoms with Crippen LogP contribution in [0.15, 0.2) is 12.1 Å². The van der Waals surface area contributed by atoms with Gasteiger partial charge in [-0.15, -0.1) is 0 Å². The van der Waals surface area contributed by atoms with Gasteiger partial charge in [0.05, 0.1) is 0 Å². The Hall–Kier alpha value is -1.26. The molecule has 1 aromatic carbocycles. The van der Waals surface area contributed by atoms with Crippen molar-refractivity contribution in [3.8, 4) is 5.75 Å². The molecule has 1 aromatic rings. The minimum Gasteiger partial charge on any atom is -0.481 e. The van der Waals surface area contributed by atoms with Gasteiger partial charge in [0.1, 0.15) is 5.75 Å². The number of halogens is 1. The molecular formula is C16H23ClN2O2. The Balaban J connectivity index is 2.00. The molecule has 0 radical (unpaired) electrons. The molecule has 1 saturated heterocycles. The first kappa shape index (κ1) is 16.1. The lowest BCUT2D eigenvalue weighted by molar-refractivity contribution is -0.139. The van der Waals surface area contributed by atoms with Gasteiger partial charge < -0.3 is 14.5 Å². The van der Waals surface area contributed by atoms with Crippen LogP contribution in [0.2, 0.25) is 5.02 Å². The summed E-state index contributed by atoms with van der Waals surface area (Å²) in [5.41, 5.74) is 1.93. The van der Waals surface area contributed by atoms with Gasteiger partial charge >= 0.3 is 0 Å². The summed E-state index contributed by atoms with van der Waals surface area (Å²) in [6.45, 7) is 9.04. The van der Waals surface area contributed by atoms with E-state index in [0.29, 0.717) is 5.75 Å². The lowest BCUT2D eigenvalue weighted by Gasteiger charge is -2.33. The topological polar surface area (TPSA) is 32.8 Å². The molecule has 2 rings (SSSR count). The molecule has 0 aliphatic carbocycles. The molecule has 0 aromatic heterocycles. The number of piperazine rings is 1. The van der Waals surface area contributed by atoms with Crippen LogP contribution >= 0.6 is 11.6 Å². The molecule has 1 atom stereocenters. The quantitative estimate of drug-likeness (QED) is 0.860. The molecular weight excluding hydrogens is 288 g/mol. The molecule has 0 spiro atoms. The standard InChI is InChI=1S/C16H23ClN2O2/c1-11-9-14(10-12(2)15(11)17)21-13(3)16(20)19-7-5-18(4)6-8-19/h9-10,13H,5-8H2,1-4H3. The van der Waals surface area contributed by atoms with Gasteiger partial charge in [-0.05, 0) is 51.1 Å². The number of nitrogens with zero attached hydrogens (tertiary/aromatic N) is 2. The fourth-order valence-corrected chi connectivity index (χ4v) is 2.62. The van der Waals surface area contributed by atoms with Crippen molar-refractivity contribution in [2.75, 3.05) is 33.2 Å². The zero-order valence-corrected chi connectivity index (χ0v) is 13.9. The highest BCUT2D eigenvalue weighted by Gasteiger charge is 2.25. The summed E-state index contributed by atoms with van der Waals surface area (Å²) >= 11 is 6.15. The molecule has 21 heavy (non-hydrogen) atoms. The summed E-state index contributed by atoms with van der Waals surface area (Å²) in [7, 11) is 2.07. The fraction of sp³-hybridized carbons (Fsp3) is 0.562. The zero-order valence-electron chi connectivity index (χ0n) is 13.1. The summed E-state index contributed by atoms with van der Waals surface area (Å²) in [6.07, 6.45) is -0.478. The maximum Gasteiger partial charge on any atom is 0.263 e. The monoisotopic (exact) mass is 310 g/mol. The number of amides is 1. The summed E-state index contributed by atoms with van der Waals surface area (Å²) in [5.74, 6) is 0.748. The number of carbonyl (C=O) groups excluding carboxylic acids is 1. The molecule has 0 N–H and O–H groups in total. The number of likely N-dealkylation sites (N-methyl/N-ethyl adjacent to an activating group) is 1. The van der Waals surface area contributed by atoms with Gasteiger partial charge in [-0.3, -0.25) is 4.79 Å². The van der Waals surface area contributed by atoms with E-state index in [2.05, 4.69) is 11.9 Å². The van der Waals surface area contributed by atoms with Crippen LogP contribution in [0.3, 0.4) is 0 Å². The number of hydrogen-bond acceptors (Lipinski definition) is 3. The van der Waals surface area contributed by atoms with Gasteiger partial charge in [0, 0.05) is 31.2 Å². The smallest absolute Gasteiger partial charge is 0.263 e. The van der Waals surface area contributed by atoms with Crippen molar-refractivity contribution in [2.24, 2.45) is 0 Å². The van der Waals surface area contributed by atoms with Gasteiger partial charge in [0.2, 0.25) is 0 Å². The lowest BCUT2D eigenvalue weighted by Crippen LogP contribution is -2.50. The van der Waals surface area contributed by atoms with E-state index in [4.69, 9.17) is 16.3 Å². The van der Waals surface area contributed by atoms with Crippen LogP contribution in [0, 0.1) is 13.8 Å². The minimum atomic E-state index is -0.478. The van der Waals surface area contributed by atoms with E-state index in [-0.39, 0.29) is 5.91 Å². The third kappa shape index (κ3) is 3.89. The van der Waals surface area contributed by atoms with Gasteiger partial charge in [-0.1, -0.05) is 11.6 Å². The second-order valence-electron chi connectivity index (χ2n) is 5.76. The molecule has 1 heterocycles. The highest BCUT2D eigenvalue weighted by atomic mass is 35.5. The van der Waals surface area contributed by atoms with Crippen LogP contribution in [0.4, 0.5) is 0 Å². The zero-order chi connectivity index (χ0) is 15.6. The van der Waals surface area contributed by atoms with E-state index in [0.717, 1.165) is 42.3 Å². The Morgan fingerprint density at radius 3 is 2.24 bits per heavy atom. The first-order chi connectivity index (χ1) is 9.88. The number of benzene rings is 1. The molecule has 1 aliphatic heterocycles. The maximum atomic E-state index is 12.4. The molecule has 4 nitrogen and oxygen atoms in total. The van der Waals surface area contributed by atoms with Crippen LogP contribution < -0.4 is 4.74 Å². The Morgan fingerprint density at radius 1 is 1.19 bits per heavy atom. The molecule has 0 bridgehead atoms. The third-order valence-electron chi connectivity index (χ3n) is 3.89. The highest BCUT2D eigenvalue weighted by Crippen LogP contribution is 2.26. The van der Waals surface area contributed by atoms with Crippen LogP contribution in [-0.2, 0) is 4.79 Å². The average Bonchev–Trinajstić information content (AvgIpc) is 2.44. The molecule has 1 amide bonds. The predicted octanol–water partition coefficient (Wildman–Crippen LogP) is 2.50. The van der Waals surface area contributed by atoms with Crippen molar-refractivity contribution in [2.45, 2.75) is 26.9 Å². The Bertz CT molecular complexity index is 502. The van der Waals surface area contributed by atoms with Crippen LogP contribution in [0.5, 0.6) is 5.75 Å². The van der Waals surface area contributed by atoms with Crippen LogP contribution in [0.1, 0.15) is 18.1 Å². The van der Waals surface area contributed by atoms with E-state index in [1.54, 1.807) is 6.92 Å². The Kier molecular flexibility index (Phi) is 5.12. The average molecular weight is 311 g/mol. The first-order valence-electron chi connectivity index (χ1n) is 7.29. The summed E-state index contributed by atoms with van der Waals surface area (Å²) in [5, 5.41) is 0.750. The van der Waals surface area contributed by atoms with Crippen molar-refractivity contribution in [3.63, 3.8) is 0 Å². The van der Waals surface area contributed by atoms with Crippen molar-refractivity contribution in [3.05, 3.63) is 28.3 Å². The van der Waals surface area contributed by atoms with E-state index in [1.165, 1.54) is 0 Å². The molecule has 116 valence electrons. The summed E-state index contributed by atoms with van der Waals surface area (Å²) < 4.78 is 5.81. The maximum absolute atomic E-state index is 12.4. The van der Waals surface area contributed by atoms with E-state index in [9.17, 15) is 4.79 Å². The summed E-state index contributed by atoms with van der Waals surface area (Å²) in [4.78, 5) is 16.5. The largest absolute Gasteiger partial charge is 0.481 e. The number of ether oxygens (including phenoxy) is 1. The molecule has 1 aliphatic rings. The second kappa shape index (κ2) is 6.67. The summed E-state index contributed by atoms with van der Waals surface area (Å²) in [6, 6.07) is 3.76. The molecule has 5 heteroatoms. The van der Waals surface area contributed by atoms with E-state index in [1.807, 2.05) is 30.9 Å². The number of aryl methyl sites for hydroxylation is 2. The molecule has 1 unspecified atom stereocenters. The van der Waals surface area contributed by atoms with Crippen LogP contribution in [-0.4, -0.2) is 55.0 Å². The Morgan fingerprint density at radius 2 is 1.71 bits per heavy atom. The number of carbonyl (C=O) groups is 1. The highest BCUT2D eigenvalue weighted by molar-refractivity contribution is 6.32. The van der Waals surface area contributed by atoms with Crippen molar-refractivity contribution in [1.82, 2.24) is 9.80 Å². The van der Waals surface area contributed by atoms with Crippen molar-refractivity contribution >= 4 is 17.5 Å². The van der Waals surface area contributed by atoms with Gasteiger partial charge in [-0.25, -0.2) is 0 Å². The molecule has 0 saturated carbocycles. The number of hydrogen-bond donors (Lipinski definition) is 0. The molecule has 1 fully saturated rings. The van der Waals surface area contributed by atoms with E-state index < -0.39 is 6.10 Å². The van der Waals surface area contributed by atoms with Gasteiger partial charge in [0.25, 0.3) is 5.91 Å². The first-order valence-corrected chi connectivity index (χ1v) is 7.67. The van der Waals surface area contributed by atoms with Crippen molar-refractivity contribution < 1.29 is 9.53 Å². The Labute approximate surface area is 131 Å². The normalized spacial score (nSPS) is 17.7. The minimum absolute atomic E-state index is 0.0494. The fourth-order valence-electron chi connectivity index (χ4n) is 2.51. The third-order valence-corrected chi connectivity index (χ3v) is 4.48. The van der Waals surface area contributed by atoms with E-state index >= 15 is 0 Å².